The molecule has 1 aromatic rings. The molecule has 0 radical (unpaired) electrons. The zero-order valence-electron chi connectivity index (χ0n) is 11.5. The van der Waals surface area contributed by atoms with Crippen LogP contribution < -0.4 is 5.32 Å². The third kappa shape index (κ3) is 4.26. The van der Waals surface area contributed by atoms with Crippen LogP contribution in [0.5, 0.6) is 0 Å². The first kappa shape index (κ1) is 16.6. The van der Waals surface area contributed by atoms with Gasteiger partial charge in [0.1, 0.15) is 5.82 Å². The molecule has 0 fully saturated rings. The Hall–Kier alpha value is -0.460. The summed E-state index contributed by atoms with van der Waals surface area (Å²) in [6.07, 6.45) is 1.21. The average molecular weight is 352 g/mol. The predicted molar refractivity (Wildman–Crippen MR) is 79.4 cm³/mol. The van der Waals surface area contributed by atoms with Crippen LogP contribution in [0, 0.1) is 5.82 Å². The highest BCUT2D eigenvalue weighted by molar-refractivity contribution is 9.10. The number of nitrogens with one attached hydrogen (secondary N) is 1. The minimum atomic E-state index is -3.16. The number of halogens is 2. The molecule has 0 amide bonds. The molecule has 0 saturated heterocycles. The number of benzene rings is 1. The monoisotopic (exact) mass is 351 g/mol. The van der Waals surface area contributed by atoms with Gasteiger partial charge < -0.3 is 5.32 Å². The van der Waals surface area contributed by atoms with Crippen LogP contribution in [0.15, 0.2) is 22.7 Å². The molecule has 0 heterocycles. The van der Waals surface area contributed by atoms with Crippen molar-refractivity contribution in [2.45, 2.75) is 31.6 Å². The molecule has 1 atom stereocenters. The zero-order chi connectivity index (χ0) is 14.8. The van der Waals surface area contributed by atoms with E-state index in [0.29, 0.717) is 5.56 Å². The number of sulfone groups is 1. The molecule has 1 aromatic carbocycles. The highest BCUT2D eigenvalue weighted by atomic mass is 79.9. The lowest BCUT2D eigenvalue weighted by molar-refractivity contribution is 0.476. The predicted octanol–water partition coefficient (Wildman–Crippen LogP) is 3.06. The van der Waals surface area contributed by atoms with E-state index in [1.54, 1.807) is 26.0 Å². The van der Waals surface area contributed by atoms with E-state index in [0.717, 1.165) is 4.47 Å². The van der Waals surface area contributed by atoms with Crippen molar-refractivity contribution in [3.8, 4) is 0 Å². The summed E-state index contributed by atoms with van der Waals surface area (Å²) >= 11 is 3.30. The first-order valence-corrected chi connectivity index (χ1v) is 8.61. The molecule has 0 bridgehead atoms. The molecule has 1 N–H and O–H groups in total. The molecule has 1 rings (SSSR count). The summed E-state index contributed by atoms with van der Waals surface area (Å²) in [5.41, 5.74) is 0.513. The standard InChI is InChI=1S/C13H19BrFNO2S/c1-9(11-7-10(14)5-6-12(11)15)16-8-13(2,3)19(4,17)18/h5-7,9,16H,8H2,1-4H3. The minimum absolute atomic E-state index is 0.263. The Labute approximate surface area is 122 Å². The van der Waals surface area contributed by atoms with Crippen molar-refractivity contribution < 1.29 is 12.8 Å². The lowest BCUT2D eigenvalue weighted by Crippen LogP contribution is -2.42. The maximum Gasteiger partial charge on any atom is 0.153 e. The van der Waals surface area contributed by atoms with Gasteiger partial charge in [0.25, 0.3) is 0 Å². The van der Waals surface area contributed by atoms with E-state index < -0.39 is 14.6 Å². The third-order valence-electron chi connectivity index (χ3n) is 3.26. The second-order valence-corrected chi connectivity index (χ2v) is 8.87. The van der Waals surface area contributed by atoms with Gasteiger partial charge in [0.05, 0.1) is 4.75 Å². The Balaban J connectivity index is 2.81. The van der Waals surface area contributed by atoms with Crippen LogP contribution in [0.1, 0.15) is 32.4 Å². The van der Waals surface area contributed by atoms with Gasteiger partial charge in [-0.3, -0.25) is 0 Å². The van der Waals surface area contributed by atoms with Crippen molar-refractivity contribution in [1.82, 2.24) is 5.32 Å². The summed E-state index contributed by atoms with van der Waals surface area (Å²) in [6.45, 7) is 5.38. The van der Waals surface area contributed by atoms with E-state index in [2.05, 4.69) is 21.2 Å². The SMILES string of the molecule is CC(NCC(C)(C)S(C)(=O)=O)c1cc(Br)ccc1F. The van der Waals surface area contributed by atoms with Crippen LogP contribution in [0.2, 0.25) is 0 Å². The van der Waals surface area contributed by atoms with Crippen molar-refractivity contribution in [2.24, 2.45) is 0 Å². The first-order valence-electron chi connectivity index (χ1n) is 5.92. The molecule has 6 heteroatoms. The average Bonchev–Trinajstić information content (AvgIpc) is 2.28. The molecule has 0 saturated carbocycles. The van der Waals surface area contributed by atoms with E-state index >= 15 is 0 Å². The lowest BCUT2D eigenvalue weighted by Gasteiger charge is -2.25. The van der Waals surface area contributed by atoms with Crippen molar-refractivity contribution in [2.75, 3.05) is 12.8 Å². The first-order chi connectivity index (χ1) is 8.54. The van der Waals surface area contributed by atoms with Crippen LogP contribution in [0.4, 0.5) is 4.39 Å². The molecule has 0 aliphatic carbocycles. The van der Waals surface area contributed by atoms with Gasteiger partial charge in [-0.2, -0.15) is 0 Å². The number of hydrogen-bond donors (Lipinski definition) is 1. The van der Waals surface area contributed by atoms with Gasteiger partial charge in [-0.25, -0.2) is 12.8 Å². The largest absolute Gasteiger partial charge is 0.309 e. The fourth-order valence-corrected chi connectivity index (χ4v) is 2.21. The molecule has 0 aliphatic rings. The van der Waals surface area contributed by atoms with E-state index in [4.69, 9.17) is 0 Å². The van der Waals surface area contributed by atoms with Gasteiger partial charge in [0.15, 0.2) is 9.84 Å². The Morgan fingerprint density at radius 1 is 1.42 bits per heavy atom. The van der Waals surface area contributed by atoms with Crippen LogP contribution in [-0.4, -0.2) is 26.0 Å². The number of rotatable bonds is 5. The van der Waals surface area contributed by atoms with Gasteiger partial charge in [-0.05, 0) is 39.0 Å². The van der Waals surface area contributed by atoms with Crippen molar-refractivity contribution in [1.29, 1.82) is 0 Å². The van der Waals surface area contributed by atoms with Crippen LogP contribution >= 0.6 is 15.9 Å². The van der Waals surface area contributed by atoms with Crippen LogP contribution in [-0.2, 0) is 9.84 Å². The van der Waals surface area contributed by atoms with E-state index in [-0.39, 0.29) is 18.4 Å². The summed E-state index contributed by atoms with van der Waals surface area (Å²) in [6, 6.07) is 4.45. The topological polar surface area (TPSA) is 46.2 Å². The van der Waals surface area contributed by atoms with E-state index in [1.165, 1.54) is 12.3 Å². The molecule has 3 nitrogen and oxygen atoms in total. The highest BCUT2D eigenvalue weighted by Crippen LogP contribution is 2.22. The van der Waals surface area contributed by atoms with Gasteiger partial charge in [-0.1, -0.05) is 15.9 Å². The number of hydrogen-bond acceptors (Lipinski definition) is 3. The summed E-state index contributed by atoms with van der Waals surface area (Å²) in [5, 5.41) is 3.07. The van der Waals surface area contributed by atoms with Crippen molar-refractivity contribution >= 4 is 25.8 Å². The quantitative estimate of drug-likeness (QED) is 0.886. The van der Waals surface area contributed by atoms with E-state index in [9.17, 15) is 12.8 Å². The van der Waals surface area contributed by atoms with Crippen LogP contribution in [0.3, 0.4) is 0 Å². The molecule has 0 aromatic heterocycles. The van der Waals surface area contributed by atoms with Crippen LogP contribution in [0.25, 0.3) is 0 Å². The Kier molecular flexibility index (Phi) is 5.15. The molecule has 0 aliphatic heterocycles. The van der Waals surface area contributed by atoms with Crippen molar-refractivity contribution in [3.63, 3.8) is 0 Å². The van der Waals surface area contributed by atoms with Gasteiger partial charge in [0.2, 0.25) is 0 Å². The van der Waals surface area contributed by atoms with Gasteiger partial charge in [0, 0.05) is 28.9 Å². The maximum atomic E-state index is 13.7. The molecule has 108 valence electrons. The lowest BCUT2D eigenvalue weighted by atomic mass is 10.1. The molecular weight excluding hydrogens is 333 g/mol. The second-order valence-electron chi connectivity index (χ2n) is 5.30. The smallest absolute Gasteiger partial charge is 0.153 e. The van der Waals surface area contributed by atoms with Gasteiger partial charge >= 0.3 is 0 Å². The third-order valence-corrected chi connectivity index (χ3v) is 5.91. The maximum absolute atomic E-state index is 13.7. The molecular formula is C13H19BrFNO2S. The Morgan fingerprint density at radius 3 is 2.53 bits per heavy atom. The highest BCUT2D eigenvalue weighted by Gasteiger charge is 2.30. The normalized spacial score (nSPS) is 14.4. The summed E-state index contributed by atoms with van der Waals surface area (Å²) in [4.78, 5) is 0. The molecule has 19 heavy (non-hydrogen) atoms. The second kappa shape index (κ2) is 5.89. The van der Waals surface area contributed by atoms with E-state index in [1.807, 2.05) is 6.92 Å². The summed E-state index contributed by atoms with van der Waals surface area (Å²) in [7, 11) is -3.16. The zero-order valence-corrected chi connectivity index (χ0v) is 13.9. The molecule has 0 spiro atoms. The van der Waals surface area contributed by atoms with Crippen molar-refractivity contribution in [3.05, 3.63) is 34.1 Å². The molecule has 1 unspecified atom stereocenters. The minimum Gasteiger partial charge on any atom is -0.309 e. The fourth-order valence-electron chi connectivity index (χ4n) is 1.49. The fraction of sp³-hybridized carbons (Fsp3) is 0.538. The summed E-state index contributed by atoms with van der Waals surface area (Å²) in [5.74, 6) is -0.305. The Bertz CT molecular complexity index is 558. The summed E-state index contributed by atoms with van der Waals surface area (Å²) < 4.78 is 36.8. The van der Waals surface area contributed by atoms with Gasteiger partial charge in [-0.15, -0.1) is 0 Å². The Morgan fingerprint density at radius 2 is 2.00 bits per heavy atom.